The Labute approximate surface area is 126 Å². The van der Waals surface area contributed by atoms with Crippen LogP contribution in [0.15, 0.2) is 27.6 Å². The summed E-state index contributed by atoms with van der Waals surface area (Å²) in [6, 6.07) is 4.72. The highest BCUT2D eigenvalue weighted by Crippen LogP contribution is 2.25. The molecular formula is C11H15BrClNO2S2. The molecule has 0 amide bonds. The van der Waals surface area contributed by atoms with E-state index in [1.807, 2.05) is 13.2 Å². The molecule has 1 rings (SSSR count). The molecular weight excluding hydrogens is 358 g/mol. The Balaban J connectivity index is 2.80. The highest BCUT2D eigenvalue weighted by molar-refractivity contribution is 9.10. The third kappa shape index (κ3) is 4.74. The first kappa shape index (κ1) is 16.3. The fourth-order valence-corrected chi connectivity index (χ4v) is 4.25. The van der Waals surface area contributed by atoms with Gasteiger partial charge >= 0.3 is 0 Å². The van der Waals surface area contributed by atoms with E-state index in [1.165, 1.54) is 6.07 Å². The molecule has 0 aliphatic rings. The van der Waals surface area contributed by atoms with Crippen LogP contribution in [0.4, 0.5) is 0 Å². The van der Waals surface area contributed by atoms with Crippen molar-refractivity contribution in [1.29, 1.82) is 0 Å². The number of hydrogen-bond acceptors (Lipinski definition) is 3. The van der Waals surface area contributed by atoms with Crippen LogP contribution in [0.1, 0.15) is 6.92 Å². The van der Waals surface area contributed by atoms with Gasteiger partial charge in [0.05, 0.1) is 5.02 Å². The van der Waals surface area contributed by atoms with Gasteiger partial charge in [0.15, 0.2) is 0 Å². The number of sulfonamides is 1. The van der Waals surface area contributed by atoms with E-state index in [4.69, 9.17) is 11.6 Å². The fourth-order valence-electron chi connectivity index (χ4n) is 1.37. The molecule has 18 heavy (non-hydrogen) atoms. The second kappa shape index (κ2) is 7.14. The van der Waals surface area contributed by atoms with Crippen LogP contribution < -0.4 is 4.72 Å². The molecule has 0 saturated heterocycles. The summed E-state index contributed by atoms with van der Waals surface area (Å²) < 4.78 is 27.4. The Kier molecular flexibility index (Phi) is 6.47. The van der Waals surface area contributed by atoms with Crippen molar-refractivity contribution in [2.24, 2.45) is 5.92 Å². The lowest BCUT2D eigenvalue weighted by Gasteiger charge is -2.12. The van der Waals surface area contributed by atoms with E-state index in [0.29, 0.717) is 6.54 Å². The number of benzene rings is 1. The van der Waals surface area contributed by atoms with E-state index >= 15 is 0 Å². The van der Waals surface area contributed by atoms with Gasteiger partial charge < -0.3 is 0 Å². The van der Waals surface area contributed by atoms with Gasteiger partial charge in [-0.15, -0.1) is 0 Å². The molecule has 0 aliphatic carbocycles. The highest BCUT2D eigenvalue weighted by Gasteiger charge is 2.18. The smallest absolute Gasteiger partial charge is 0.211 e. The molecule has 0 saturated carbocycles. The SMILES string of the molecule is CSCC(C)CNS(=O)(=O)c1ccc(Br)cc1Cl. The second-order valence-corrected chi connectivity index (χ2v) is 7.96. The van der Waals surface area contributed by atoms with Crippen LogP contribution in [0.3, 0.4) is 0 Å². The van der Waals surface area contributed by atoms with Crippen LogP contribution in [-0.2, 0) is 10.0 Å². The highest BCUT2D eigenvalue weighted by atomic mass is 79.9. The summed E-state index contributed by atoms with van der Waals surface area (Å²) >= 11 is 10.9. The molecule has 1 aromatic carbocycles. The summed E-state index contributed by atoms with van der Waals surface area (Å²) in [7, 11) is -3.53. The van der Waals surface area contributed by atoms with Crippen molar-refractivity contribution in [2.45, 2.75) is 11.8 Å². The van der Waals surface area contributed by atoms with E-state index in [1.54, 1.807) is 23.9 Å². The third-order valence-corrected chi connectivity index (χ3v) is 5.56. The lowest BCUT2D eigenvalue weighted by molar-refractivity contribution is 0.562. The molecule has 0 fully saturated rings. The summed E-state index contributed by atoms with van der Waals surface area (Å²) in [4.78, 5) is 0.115. The lowest BCUT2D eigenvalue weighted by Crippen LogP contribution is -2.29. The van der Waals surface area contributed by atoms with Gasteiger partial charge in [0.1, 0.15) is 4.90 Å². The monoisotopic (exact) mass is 371 g/mol. The molecule has 1 unspecified atom stereocenters. The molecule has 0 heterocycles. The van der Waals surface area contributed by atoms with Gasteiger partial charge in [0, 0.05) is 11.0 Å². The van der Waals surface area contributed by atoms with Crippen molar-refractivity contribution in [3.63, 3.8) is 0 Å². The number of nitrogens with one attached hydrogen (secondary N) is 1. The van der Waals surface area contributed by atoms with Crippen LogP contribution in [-0.4, -0.2) is 27.0 Å². The van der Waals surface area contributed by atoms with Gasteiger partial charge in [0.25, 0.3) is 0 Å². The van der Waals surface area contributed by atoms with Crippen LogP contribution in [0.25, 0.3) is 0 Å². The van der Waals surface area contributed by atoms with E-state index in [0.717, 1.165) is 10.2 Å². The van der Waals surface area contributed by atoms with Crippen LogP contribution >= 0.6 is 39.3 Å². The summed E-state index contributed by atoms with van der Waals surface area (Å²) in [6.07, 6.45) is 2.00. The van der Waals surface area contributed by atoms with Gasteiger partial charge in [-0.1, -0.05) is 34.5 Å². The van der Waals surface area contributed by atoms with Gasteiger partial charge in [-0.3, -0.25) is 0 Å². The number of halogens is 2. The molecule has 0 bridgehead atoms. The summed E-state index contributed by atoms with van der Waals surface area (Å²) in [5.74, 6) is 1.19. The fraction of sp³-hybridized carbons (Fsp3) is 0.455. The molecule has 102 valence electrons. The largest absolute Gasteiger partial charge is 0.242 e. The minimum Gasteiger partial charge on any atom is -0.211 e. The van der Waals surface area contributed by atoms with Crippen LogP contribution in [0.2, 0.25) is 5.02 Å². The molecule has 3 nitrogen and oxygen atoms in total. The number of thioether (sulfide) groups is 1. The molecule has 0 spiro atoms. The van der Waals surface area contributed by atoms with Crippen LogP contribution in [0.5, 0.6) is 0 Å². The Bertz CT molecular complexity index is 508. The predicted octanol–water partition coefficient (Wildman–Crippen LogP) is 3.38. The zero-order valence-electron chi connectivity index (χ0n) is 10.1. The first-order chi connectivity index (χ1) is 8.36. The average molecular weight is 373 g/mol. The minimum absolute atomic E-state index is 0.115. The van der Waals surface area contributed by atoms with Crippen molar-refractivity contribution < 1.29 is 8.42 Å². The maximum absolute atomic E-state index is 12.1. The van der Waals surface area contributed by atoms with Crippen molar-refractivity contribution in [1.82, 2.24) is 4.72 Å². The van der Waals surface area contributed by atoms with Gasteiger partial charge in [-0.2, -0.15) is 11.8 Å². The van der Waals surface area contributed by atoms with Crippen molar-refractivity contribution in [2.75, 3.05) is 18.6 Å². The van der Waals surface area contributed by atoms with Crippen molar-refractivity contribution in [3.05, 3.63) is 27.7 Å². The summed E-state index contributed by atoms with van der Waals surface area (Å²) in [6.45, 7) is 2.41. The Morgan fingerprint density at radius 1 is 1.50 bits per heavy atom. The molecule has 0 aliphatic heterocycles. The van der Waals surface area contributed by atoms with E-state index in [9.17, 15) is 8.42 Å². The van der Waals surface area contributed by atoms with Gasteiger partial charge in [-0.05, 0) is 36.1 Å². The number of hydrogen-bond donors (Lipinski definition) is 1. The predicted molar refractivity (Wildman–Crippen MR) is 81.9 cm³/mol. The Morgan fingerprint density at radius 3 is 2.72 bits per heavy atom. The molecule has 7 heteroatoms. The standard InChI is InChI=1S/C11H15BrClNO2S2/c1-8(7-17-2)6-14-18(15,16)11-4-3-9(12)5-10(11)13/h3-5,8,14H,6-7H2,1-2H3. The molecule has 1 atom stereocenters. The first-order valence-electron chi connectivity index (χ1n) is 5.30. The van der Waals surface area contributed by atoms with Crippen molar-refractivity contribution in [3.8, 4) is 0 Å². The molecule has 0 radical (unpaired) electrons. The zero-order chi connectivity index (χ0) is 13.8. The van der Waals surface area contributed by atoms with Gasteiger partial charge in [-0.25, -0.2) is 13.1 Å². The quantitative estimate of drug-likeness (QED) is 0.832. The first-order valence-corrected chi connectivity index (χ1v) is 9.35. The molecule has 1 N–H and O–H groups in total. The third-order valence-electron chi connectivity index (χ3n) is 2.26. The molecule has 1 aromatic rings. The van der Waals surface area contributed by atoms with E-state index in [2.05, 4.69) is 20.7 Å². The van der Waals surface area contributed by atoms with Crippen molar-refractivity contribution >= 4 is 49.3 Å². The Morgan fingerprint density at radius 2 is 2.17 bits per heavy atom. The topological polar surface area (TPSA) is 46.2 Å². The minimum atomic E-state index is -3.53. The summed E-state index contributed by atoms with van der Waals surface area (Å²) in [5.41, 5.74) is 0. The molecule has 0 aromatic heterocycles. The van der Waals surface area contributed by atoms with E-state index in [-0.39, 0.29) is 15.8 Å². The second-order valence-electron chi connectivity index (χ2n) is 3.99. The zero-order valence-corrected chi connectivity index (χ0v) is 14.1. The van der Waals surface area contributed by atoms with Crippen LogP contribution in [0, 0.1) is 5.92 Å². The maximum Gasteiger partial charge on any atom is 0.242 e. The van der Waals surface area contributed by atoms with Gasteiger partial charge in [0.2, 0.25) is 10.0 Å². The summed E-state index contributed by atoms with van der Waals surface area (Å²) in [5, 5.41) is 0.217. The number of rotatable bonds is 6. The maximum atomic E-state index is 12.1. The Hall–Kier alpha value is 0.250. The van der Waals surface area contributed by atoms with E-state index < -0.39 is 10.0 Å². The normalized spacial score (nSPS) is 13.6. The average Bonchev–Trinajstić information content (AvgIpc) is 2.26. The lowest BCUT2D eigenvalue weighted by atomic mass is 10.2.